The number of aromatic nitrogens is 2. The number of likely N-dealkylation sites (tertiary alicyclic amines) is 1. The van der Waals surface area contributed by atoms with Crippen molar-refractivity contribution >= 4 is 5.91 Å². The van der Waals surface area contributed by atoms with Crippen molar-refractivity contribution in [2.75, 3.05) is 20.1 Å². The highest BCUT2D eigenvalue weighted by Gasteiger charge is 2.27. The number of carbonyl (C=O) groups excluding carboxylic acids is 1. The molecule has 0 saturated carbocycles. The van der Waals surface area contributed by atoms with Crippen molar-refractivity contribution in [3.05, 3.63) is 35.7 Å². The zero-order chi connectivity index (χ0) is 18.0. The predicted octanol–water partition coefficient (Wildman–Crippen LogP) is 2.86. The maximum Gasteiger partial charge on any atom is 0.258 e. The number of carbonyl (C=O) groups is 1. The van der Waals surface area contributed by atoms with Gasteiger partial charge >= 0.3 is 0 Å². The lowest BCUT2D eigenvalue weighted by atomic mass is 9.96. The Bertz CT molecular complexity index is 740. The van der Waals surface area contributed by atoms with Crippen LogP contribution >= 0.6 is 0 Å². The van der Waals surface area contributed by atoms with E-state index in [4.69, 9.17) is 4.52 Å². The third-order valence-corrected chi connectivity index (χ3v) is 4.68. The molecule has 1 fully saturated rings. The average molecular weight is 342 g/mol. The molecule has 0 aliphatic carbocycles. The van der Waals surface area contributed by atoms with Gasteiger partial charge in [0, 0.05) is 24.5 Å². The van der Waals surface area contributed by atoms with Crippen molar-refractivity contribution in [3.8, 4) is 11.5 Å². The summed E-state index contributed by atoms with van der Waals surface area (Å²) in [6.45, 7) is 7.62. The van der Waals surface area contributed by atoms with E-state index >= 15 is 0 Å². The molecule has 0 bridgehead atoms. The zero-order valence-corrected chi connectivity index (χ0v) is 15.4. The van der Waals surface area contributed by atoms with Gasteiger partial charge in [0.15, 0.2) is 5.82 Å². The summed E-state index contributed by atoms with van der Waals surface area (Å²) in [7, 11) is 1.97. The second kappa shape index (κ2) is 6.96. The minimum absolute atomic E-state index is 0.0284. The fourth-order valence-corrected chi connectivity index (χ4v) is 3.04. The highest BCUT2D eigenvalue weighted by atomic mass is 16.5. The van der Waals surface area contributed by atoms with Crippen LogP contribution < -0.4 is 5.32 Å². The van der Waals surface area contributed by atoms with Gasteiger partial charge in [0.25, 0.3) is 11.8 Å². The zero-order valence-electron chi connectivity index (χ0n) is 15.4. The molecular formula is C19H26N4O2. The fourth-order valence-electron chi connectivity index (χ4n) is 3.04. The number of benzene rings is 1. The van der Waals surface area contributed by atoms with Crippen molar-refractivity contribution in [3.63, 3.8) is 0 Å². The number of amides is 1. The van der Waals surface area contributed by atoms with E-state index in [-0.39, 0.29) is 11.3 Å². The first-order chi connectivity index (χ1) is 11.9. The molecule has 25 heavy (non-hydrogen) atoms. The molecule has 134 valence electrons. The molecule has 3 rings (SSSR count). The molecule has 2 heterocycles. The van der Waals surface area contributed by atoms with Gasteiger partial charge in [0.1, 0.15) is 0 Å². The maximum absolute atomic E-state index is 13.0. The third-order valence-electron chi connectivity index (χ3n) is 4.68. The molecule has 6 nitrogen and oxygen atoms in total. The summed E-state index contributed by atoms with van der Waals surface area (Å²) in [6, 6.07) is 7.96. The number of hydrogen-bond donors (Lipinski definition) is 1. The van der Waals surface area contributed by atoms with Crippen LogP contribution in [0.15, 0.2) is 28.8 Å². The Labute approximate surface area is 148 Å². The number of rotatable bonds is 3. The summed E-state index contributed by atoms with van der Waals surface area (Å²) in [5.74, 6) is 1.07. The van der Waals surface area contributed by atoms with Gasteiger partial charge in [-0.1, -0.05) is 38.1 Å². The highest BCUT2D eigenvalue weighted by Crippen LogP contribution is 2.27. The smallest absolute Gasteiger partial charge is 0.258 e. The summed E-state index contributed by atoms with van der Waals surface area (Å²) in [5.41, 5.74) is 1.12. The van der Waals surface area contributed by atoms with Gasteiger partial charge in [-0.2, -0.15) is 4.98 Å². The predicted molar refractivity (Wildman–Crippen MR) is 96.4 cm³/mol. The Morgan fingerprint density at radius 3 is 2.52 bits per heavy atom. The third kappa shape index (κ3) is 3.74. The Morgan fingerprint density at radius 1 is 1.24 bits per heavy atom. The minimum Gasteiger partial charge on any atom is -0.339 e. The quantitative estimate of drug-likeness (QED) is 0.929. The van der Waals surface area contributed by atoms with E-state index in [2.05, 4.69) is 15.5 Å². The van der Waals surface area contributed by atoms with Crippen LogP contribution in [0.25, 0.3) is 11.5 Å². The Balaban J connectivity index is 1.86. The number of nitrogens with one attached hydrogen (secondary N) is 1. The molecule has 6 heteroatoms. The van der Waals surface area contributed by atoms with Gasteiger partial charge in [-0.05, 0) is 32.0 Å². The normalized spacial score (nSPS) is 16.2. The van der Waals surface area contributed by atoms with E-state index in [9.17, 15) is 4.79 Å². The average Bonchev–Trinajstić information content (AvgIpc) is 3.11. The molecule has 1 saturated heterocycles. The van der Waals surface area contributed by atoms with Crippen molar-refractivity contribution < 1.29 is 9.32 Å². The van der Waals surface area contributed by atoms with Gasteiger partial charge < -0.3 is 14.7 Å². The molecule has 1 aliphatic rings. The van der Waals surface area contributed by atoms with E-state index in [0.29, 0.717) is 28.9 Å². The summed E-state index contributed by atoms with van der Waals surface area (Å²) in [4.78, 5) is 19.4. The van der Waals surface area contributed by atoms with Gasteiger partial charge in [-0.25, -0.2) is 0 Å². The van der Waals surface area contributed by atoms with Gasteiger partial charge in [0.05, 0.1) is 11.1 Å². The number of hydrogen-bond acceptors (Lipinski definition) is 5. The fraction of sp³-hybridized carbons (Fsp3) is 0.526. The van der Waals surface area contributed by atoms with Crippen LogP contribution in [0.2, 0.25) is 0 Å². The van der Waals surface area contributed by atoms with E-state index in [1.807, 2.05) is 57.0 Å². The number of nitrogens with zero attached hydrogens (tertiary/aromatic N) is 3. The highest BCUT2D eigenvalue weighted by molar-refractivity contribution is 6.00. The molecule has 1 N–H and O–H groups in total. The van der Waals surface area contributed by atoms with Crippen LogP contribution in [0.3, 0.4) is 0 Å². The van der Waals surface area contributed by atoms with Crippen molar-refractivity contribution in [1.82, 2.24) is 20.4 Å². The Morgan fingerprint density at radius 2 is 1.92 bits per heavy atom. The van der Waals surface area contributed by atoms with Crippen LogP contribution in [0, 0.1) is 0 Å². The van der Waals surface area contributed by atoms with E-state index in [1.165, 1.54) is 0 Å². The van der Waals surface area contributed by atoms with Crippen molar-refractivity contribution in [1.29, 1.82) is 0 Å². The van der Waals surface area contributed by atoms with Gasteiger partial charge in [-0.3, -0.25) is 4.79 Å². The van der Waals surface area contributed by atoms with Crippen LogP contribution in [0.1, 0.15) is 49.8 Å². The molecule has 0 spiro atoms. The molecule has 0 unspecified atom stereocenters. The van der Waals surface area contributed by atoms with Gasteiger partial charge in [-0.15, -0.1) is 0 Å². The van der Waals surface area contributed by atoms with Crippen LogP contribution in [-0.2, 0) is 5.41 Å². The lowest BCUT2D eigenvalue weighted by Crippen LogP contribution is -2.44. The van der Waals surface area contributed by atoms with Gasteiger partial charge in [0.2, 0.25) is 0 Å². The maximum atomic E-state index is 13.0. The topological polar surface area (TPSA) is 71.3 Å². The summed E-state index contributed by atoms with van der Waals surface area (Å²) in [5, 5.41) is 7.36. The molecular weight excluding hydrogens is 316 g/mol. The molecule has 0 atom stereocenters. The molecule has 1 aromatic carbocycles. The first-order valence-electron chi connectivity index (χ1n) is 8.80. The molecule has 1 aromatic heterocycles. The van der Waals surface area contributed by atoms with Crippen molar-refractivity contribution in [2.24, 2.45) is 0 Å². The van der Waals surface area contributed by atoms with Crippen molar-refractivity contribution in [2.45, 2.75) is 45.1 Å². The van der Waals surface area contributed by atoms with Crippen LogP contribution in [-0.4, -0.2) is 47.1 Å². The largest absolute Gasteiger partial charge is 0.339 e. The standard InChI is InChI=1S/C19H26N4O2/c1-19(2,3)18-21-16(25-22-18)14-7-5-6-8-15(14)17(24)23-11-9-13(20-4)10-12-23/h5-8,13,20H,9-12H2,1-4H3. The Kier molecular flexibility index (Phi) is 4.90. The molecule has 2 aromatic rings. The lowest BCUT2D eigenvalue weighted by molar-refractivity contribution is 0.0708. The molecule has 1 amide bonds. The molecule has 1 aliphatic heterocycles. The Hall–Kier alpha value is -2.21. The SMILES string of the molecule is CNC1CCN(C(=O)c2ccccc2-c2nc(C(C)(C)C)no2)CC1. The lowest BCUT2D eigenvalue weighted by Gasteiger charge is -2.32. The van der Waals surface area contributed by atoms with E-state index < -0.39 is 0 Å². The summed E-state index contributed by atoms with van der Waals surface area (Å²) < 4.78 is 5.45. The first-order valence-corrected chi connectivity index (χ1v) is 8.80. The van der Waals surface area contributed by atoms with E-state index in [0.717, 1.165) is 25.9 Å². The first kappa shape index (κ1) is 17.6. The minimum atomic E-state index is -0.199. The second-order valence-corrected chi connectivity index (χ2v) is 7.57. The monoisotopic (exact) mass is 342 g/mol. The summed E-state index contributed by atoms with van der Waals surface area (Å²) in [6.07, 6.45) is 1.94. The summed E-state index contributed by atoms with van der Waals surface area (Å²) >= 11 is 0. The van der Waals surface area contributed by atoms with Crippen LogP contribution in [0.5, 0.6) is 0 Å². The molecule has 0 radical (unpaired) electrons. The number of piperidine rings is 1. The van der Waals surface area contributed by atoms with E-state index in [1.54, 1.807) is 0 Å². The van der Waals surface area contributed by atoms with Crippen LogP contribution in [0.4, 0.5) is 0 Å². The second-order valence-electron chi connectivity index (χ2n) is 7.57.